The molecule has 26 heavy (non-hydrogen) atoms. The average Bonchev–Trinajstić information content (AvgIpc) is 2.99. The number of para-hydroxylation sites is 1. The van der Waals surface area contributed by atoms with Gasteiger partial charge in [0, 0.05) is 29.1 Å². The van der Waals surface area contributed by atoms with Crippen LogP contribution < -0.4 is 4.74 Å². The lowest BCUT2D eigenvalue weighted by Gasteiger charge is -2.24. The van der Waals surface area contributed by atoms with Gasteiger partial charge in [0.2, 0.25) is 0 Å². The highest BCUT2D eigenvalue weighted by atomic mass is 35.5. The van der Waals surface area contributed by atoms with E-state index < -0.39 is 0 Å². The standard InChI is InChI=1S/C21H22ClNO3/c1-13(12-15-8-10-16(22)11-9-15)23(3)21(24)19-14(2)17-6-5-7-18(25-4)20(17)26-19/h5-11,13H,12H2,1-4H3. The second-order valence-electron chi connectivity index (χ2n) is 6.49. The molecule has 1 heterocycles. The number of hydrogen-bond donors (Lipinski definition) is 0. The number of halogens is 1. The summed E-state index contributed by atoms with van der Waals surface area (Å²) in [5.74, 6) is 0.846. The Kier molecular flexibility index (Phi) is 5.23. The number of ether oxygens (including phenoxy) is 1. The molecule has 0 bridgehead atoms. The molecule has 136 valence electrons. The van der Waals surface area contributed by atoms with Crippen molar-refractivity contribution in [2.45, 2.75) is 26.3 Å². The van der Waals surface area contributed by atoms with Crippen LogP contribution in [0.4, 0.5) is 0 Å². The maximum atomic E-state index is 13.0. The van der Waals surface area contributed by atoms with E-state index >= 15 is 0 Å². The fourth-order valence-corrected chi connectivity index (χ4v) is 3.17. The Morgan fingerprint density at radius 3 is 2.58 bits per heavy atom. The van der Waals surface area contributed by atoms with Crippen molar-refractivity contribution in [1.29, 1.82) is 0 Å². The van der Waals surface area contributed by atoms with Crippen LogP contribution in [-0.4, -0.2) is 31.0 Å². The Morgan fingerprint density at radius 1 is 1.23 bits per heavy atom. The van der Waals surface area contributed by atoms with Crippen LogP contribution in [-0.2, 0) is 6.42 Å². The summed E-state index contributed by atoms with van der Waals surface area (Å²) in [5.41, 5.74) is 2.56. The zero-order valence-corrected chi connectivity index (χ0v) is 16.1. The van der Waals surface area contributed by atoms with Crippen molar-refractivity contribution in [1.82, 2.24) is 4.90 Å². The van der Waals surface area contributed by atoms with Crippen molar-refractivity contribution >= 4 is 28.5 Å². The van der Waals surface area contributed by atoms with Crippen LogP contribution in [0.5, 0.6) is 5.75 Å². The molecule has 0 fully saturated rings. The number of carbonyl (C=O) groups is 1. The maximum absolute atomic E-state index is 13.0. The topological polar surface area (TPSA) is 42.7 Å². The summed E-state index contributed by atoms with van der Waals surface area (Å²) >= 11 is 5.93. The first-order valence-electron chi connectivity index (χ1n) is 8.50. The molecule has 2 aromatic carbocycles. The maximum Gasteiger partial charge on any atom is 0.289 e. The van der Waals surface area contributed by atoms with Crippen LogP contribution in [0.2, 0.25) is 5.02 Å². The Morgan fingerprint density at radius 2 is 1.92 bits per heavy atom. The van der Waals surface area contributed by atoms with Gasteiger partial charge in [0.15, 0.2) is 17.1 Å². The molecule has 0 saturated carbocycles. The number of aryl methyl sites for hydroxylation is 1. The molecule has 0 saturated heterocycles. The third-order valence-electron chi connectivity index (χ3n) is 4.77. The first-order valence-corrected chi connectivity index (χ1v) is 8.88. The molecule has 3 rings (SSSR count). The fraction of sp³-hybridized carbons (Fsp3) is 0.286. The van der Waals surface area contributed by atoms with E-state index in [1.807, 2.05) is 56.3 Å². The van der Waals surface area contributed by atoms with Crippen LogP contribution in [0.1, 0.15) is 28.6 Å². The number of furan rings is 1. The molecule has 0 radical (unpaired) electrons. The predicted octanol–water partition coefficient (Wildman–Crippen LogP) is 5.11. The van der Waals surface area contributed by atoms with Crippen LogP contribution in [0.25, 0.3) is 11.0 Å². The normalized spacial score (nSPS) is 12.2. The minimum Gasteiger partial charge on any atom is -0.493 e. The highest BCUT2D eigenvalue weighted by Crippen LogP contribution is 2.33. The number of methoxy groups -OCH3 is 1. The summed E-state index contributed by atoms with van der Waals surface area (Å²) in [6.45, 7) is 3.92. The SMILES string of the molecule is COc1cccc2c(C)c(C(=O)N(C)C(C)Cc3ccc(Cl)cc3)oc12. The third-order valence-corrected chi connectivity index (χ3v) is 5.02. The highest BCUT2D eigenvalue weighted by Gasteiger charge is 2.25. The van der Waals surface area contributed by atoms with Crippen molar-refractivity contribution in [2.75, 3.05) is 14.2 Å². The van der Waals surface area contributed by atoms with Crippen molar-refractivity contribution < 1.29 is 13.9 Å². The lowest BCUT2D eigenvalue weighted by Crippen LogP contribution is -2.36. The monoisotopic (exact) mass is 371 g/mol. The molecule has 0 N–H and O–H groups in total. The van der Waals surface area contributed by atoms with E-state index in [1.165, 1.54) is 0 Å². The molecule has 1 atom stereocenters. The van der Waals surface area contributed by atoms with Crippen molar-refractivity contribution in [3.63, 3.8) is 0 Å². The number of likely N-dealkylation sites (N-methyl/N-ethyl adjacent to an activating group) is 1. The van der Waals surface area contributed by atoms with Gasteiger partial charge in [-0.1, -0.05) is 35.9 Å². The lowest BCUT2D eigenvalue weighted by molar-refractivity contribution is 0.0712. The summed E-state index contributed by atoms with van der Waals surface area (Å²) in [4.78, 5) is 14.7. The molecule has 4 nitrogen and oxygen atoms in total. The van der Waals surface area contributed by atoms with Crippen LogP contribution in [0, 0.1) is 6.92 Å². The van der Waals surface area contributed by atoms with E-state index in [9.17, 15) is 4.79 Å². The minimum atomic E-state index is -0.137. The molecule has 5 heteroatoms. The van der Waals surface area contributed by atoms with E-state index in [-0.39, 0.29) is 11.9 Å². The Balaban J connectivity index is 1.85. The summed E-state index contributed by atoms with van der Waals surface area (Å²) in [7, 11) is 3.39. The molecule has 1 amide bonds. The van der Waals surface area contributed by atoms with Crippen LogP contribution in [0.15, 0.2) is 46.9 Å². The number of amides is 1. The molecule has 1 unspecified atom stereocenters. The van der Waals surface area contributed by atoms with Gasteiger partial charge in [0.1, 0.15) is 0 Å². The predicted molar refractivity (Wildman–Crippen MR) is 104 cm³/mol. The van der Waals surface area contributed by atoms with Gasteiger partial charge in [-0.25, -0.2) is 0 Å². The molecular formula is C21H22ClNO3. The van der Waals surface area contributed by atoms with Crippen molar-refractivity contribution in [2.24, 2.45) is 0 Å². The number of rotatable bonds is 5. The zero-order valence-electron chi connectivity index (χ0n) is 15.4. The smallest absolute Gasteiger partial charge is 0.289 e. The first-order chi connectivity index (χ1) is 12.4. The summed E-state index contributed by atoms with van der Waals surface area (Å²) in [6.07, 6.45) is 0.738. The van der Waals surface area contributed by atoms with Crippen molar-refractivity contribution in [3.05, 3.63) is 64.4 Å². The Hall–Kier alpha value is -2.46. The van der Waals surface area contributed by atoms with Gasteiger partial charge in [-0.05, 0) is 44.0 Å². The van der Waals surface area contributed by atoms with Gasteiger partial charge in [0.25, 0.3) is 5.91 Å². The minimum absolute atomic E-state index is 0.0122. The summed E-state index contributed by atoms with van der Waals surface area (Å²) in [5, 5.41) is 1.60. The molecule has 1 aromatic heterocycles. The number of benzene rings is 2. The molecular weight excluding hydrogens is 350 g/mol. The van der Waals surface area contributed by atoms with E-state index in [1.54, 1.807) is 19.1 Å². The number of fused-ring (bicyclic) bond motifs is 1. The second kappa shape index (κ2) is 7.42. The molecule has 0 aliphatic carbocycles. The van der Waals surface area contributed by atoms with Gasteiger partial charge >= 0.3 is 0 Å². The van der Waals surface area contributed by atoms with Crippen LogP contribution >= 0.6 is 11.6 Å². The average molecular weight is 372 g/mol. The second-order valence-corrected chi connectivity index (χ2v) is 6.93. The van der Waals surface area contributed by atoms with Gasteiger partial charge < -0.3 is 14.1 Å². The van der Waals surface area contributed by atoms with Gasteiger partial charge in [0.05, 0.1) is 7.11 Å². The van der Waals surface area contributed by atoms with Gasteiger partial charge in [-0.3, -0.25) is 4.79 Å². The third kappa shape index (κ3) is 3.42. The number of nitrogens with zero attached hydrogens (tertiary/aromatic N) is 1. The van der Waals surface area contributed by atoms with E-state index in [4.69, 9.17) is 20.8 Å². The van der Waals surface area contributed by atoms with E-state index in [2.05, 4.69) is 0 Å². The molecule has 0 aliphatic rings. The van der Waals surface area contributed by atoms with Gasteiger partial charge in [-0.2, -0.15) is 0 Å². The zero-order chi connectivity index (χ0) is 18.8. The fourth-order valence-electron chi connectivity index (χ4n) is 3.04. The van der Waals surface area contributed by atoms with E-state index in [0.29, 0.717) is 22.1 Å². The van der Waals surface area contributed by atoms with E-state index in [0.717, 1.165) is 22.9 Å². The number of hydrogen-bond acceptors (Lipinski definition) is 3. The first kappa shape index (κ1) is 18.3. The quantitative estimate of drug-likeness (QED) is 0.626. The largest absolute Gasteiger partial charge is 0.493 e. The lowest BCUT2D eigenvalue weighted by atomic mass is 10.1. The molecule has 3 aromatic rings. The summed E-state index contributed by atoms with van der Waals surface area (Å²) < 4.78 is 11.2. The van der Waals surface area contributed by atoms with Gasteiger partial charge in [-0.15, -0.1) is 0 Å². The Labute approximate surface area is 158 Å². The van der Waals surface area contributed by atoms with Crippen molar-refractivity contribution in [3.8, 4) is 5.75 Å². The molecule has 0 spiro atoms. The molecule has 0 aliphatic heterocycles. The number of carbonyl (C=O) groups excluding carboxylic acids is 1. The Bertz CT molecular complexity index is 930. The summed E-state index contributed by atoms with van der Waals surface area (Å²) in [6, 6.07) is 13.4. The van der Waals surface area contributed by atoms with Crippen LogP contribution in [0.3, 0.4) is 0 Å². The highest BCUT2D eigenvalue weighted by molar-refractivity contribution is 6.30.